The SMILES string of the molecule is CN(CC(=O)Nc1ccc2c(c1)OCCCO2)Cc1nc2ccccc2s1. The smallest absolute Gasteiger partial charge is 0.238 e. The van der Waals surface area contributed by atoms with Crippen LogP contribution in [0.2, 0.25) is 0 Å². The number of hydrogen-bond donors (Lipinski definition) is 1. The number of nitrogens with zero attached hydrogens (tertiary/aromatic N) is 2. The van der Waals surface area contributed by atoms with Gasteiger partial charge >= 0.3 is 0 Å². The first kappa shape index (κ1) is 17.8. The second-order valence-corrected chi connectivity index (χ2v) is 7.62. The van der Waals surface area contributed by atoms with Crippen molar-refractivity contribution in [2.75, 3.05) is 32.1 Å². The highest BCUT2D eigenvalue weighted by molar-refractivity contribution is 7.18. The van der Waals surface area contributed by atoms with Crippen molar-refractivity contribution in [3.8, 4) is 11.5 Å². The van der Waals surface area contributed by atoms with Crippen LogP contribution in [-0.2, 0) is 11.3 Å². The molecule has 3 aromatic rings. The van der Waals surface area contributed by atoms with E-state index < -0.39 is 0 Å². The highest BCUT2D eigenvalue weighted by atomic mass is 32.1. The summed E-state index contributed by atoms with van der Waals surface area (Å²) in [5, 5.41) is 3.92. The van der Waals surface area contributed by atoms with Crippen molar-refractivity contribution in [2.45, 2.75) is 13.0 Å². The summed E-state index contributed by atoms with van der Waals surface area (Å²) in [6, 6.07) is 13.5. The van der Waals surface area contributed by atoms with Crippen LogP contribution in [0.5, 0.6) is 11.5 Å². The lowest BCUT2D eigenvalue weighted by atomic mass is 10.2. The number of amides is 1. The van der Waals surface area contributed by atoms with Crippen LogP contribution in [-0.4, -0.2) is 42.6 Å². The topological polar surface area (TPSA) is 63.7 Å². The van der Waals surface area contributed by atoms with Crippen molar-refractivity contribution in [3.63, 3.8) is 0 Å². The zero-order valence-electron chi connectivity index (χ0n) is 15.1. The molecule has 1 aliphatic heterocycles. The number of nitrogens with one attached hydrogen (secondary N) is 1. The highest BCUT2D eigenvalue weighted by Crippen LogP contribution is 2.32. The molecule has 2 aromatic carbocycles. The van der Waals surface area contributed by atoms with Crippen molar-refractivity contribution in [2.24, 2.45) is 0 Å². The highest BCUT2D eigenvalue weighted by Gasteiger charge is 2.14. The molecule has 0 saturated carbocycles. The van der Waals surface area contributed by atoms with Crippen molar-refractivity contribution in [3.05, 3.63) is 47.5 Å². The second kappa shape index (κ2) is 7.94. The lowest BCUT2D eigenvalue weighted by Gasteiger charge is -2.15. The number of carbonyl (C=O) groups excluding carboxylic acids is 1. The molecule has 7 heteroatoms. The van der Waals surface area contributed by atoms with Gasteiger partial charge < -0.3 is 14.8 Å². The number of likely N-dealkylation sites (N-methyl/N-ethyl adjacent to an activating group) is 1. The van der Waals surface area contributed by atoms with Crippen LogP contribution in [0.3, 0.4) is 0 Å². The lowest BCUT2D eigenvalue weighted by Crippen LogP contribution is -2.29. The molecule has 6 nitrogen and oxygen atoms in total. The van der Waals surface area contributed by atoms with Gasteiger partial charge in [0.1, 0.15) is 5.01 Å². The number of thiazole rings is 1. The summed E-state index contributed by atoms with van der Waals surface area (Å²) in [5.41, 5.74) is 1.71. The molecule has 27 heavy (non-hydrogen) atoms. The Morgan fingerprint density at radius 2 is 2.00 bits per heavy atom. The van der Waals surface area contributed by atoms with Gasteiger partial charge in [-0.1, -0.05) is 12.1 Å². The molecule has 1 aromatic heterocycles. The fraction of sp³-hybridized carbons (Fsp3) is 0.300. The van der Waals surface area contributed by atoms with Crippen molar-refractivity contribution in [1.29, 1.82) is 0 Å². The van der Waals surface area contributed by atoms with E-state index in [-0.39, 0.29) is 12.5 Å². The van der Waals surface area contributed by atoms with E-state index in [9.17, 15) is 4.79 Å². The fourth-order valence-corrected chi connectivity index (χ4v) is 4.01. The summed E-state index contributed by atoms with van der Waals surface area (Å²) in [5.74, 6) is 1.32. The zero-order chi connectivity index (χ0) is 18.6. The van der Waals surface area contributed by atoms with E-state index in [0.29, 0.717) is 31.2 Å². The summed E-state index contributed by atoms with van der Waals surface area (Å²) in [7, 11) is 1.92. The van der Waals surface area contributed by atoms with Gasteiger partial charge in [0, 0.05) is 18.2 Å². The third-order valence-corrected chi connectivity index (χ3v) is 5.21. The summed E-state index contributed by atoms with van der Waals surface area (Å²) in [6.07, 6.45) is 0.854. The van der Waals surface area contributed by atoms with Gasteiger partial charge in [0.05, 0.1) is 36.5 Å². The van der Waals surface area contributed by atoms with Crippen LogP contribution in [0.1, 0.15) is 11.4 Å². The number of anilines is 1. The van der Waals surface area contributed by atoms with E-state index in [1.165, 1.54) is 0 Å². The Hall–Kier alpha value is -2.64. The first-order chi connectivity index (χ1) is 13.2. The predicted molar refractivity (Wildman–Crippen MR) is 107 cm³/mol. The molecule has 0 fully saturated rings. The number of ether oxygens (including phenoxy) is 2. The van der Waals surface area contributed by atoms with E-state index in [0.717, 1.165) is 27.4 Å². The second-order valence-electron chi connectivity index (χ2n) is 6.51. The number of carbonyl (C=O) groups is 1. The van der Waals surface area contributed by atoms with Gasteiger partial charge in [-0.05, 0) is 31.3 Å². The largest absolute Gasteiger partial charge is 0.490 e. The maximum absolute atomic E-state index is 12.4. The average Bonchev–Trinajstić information content (AvgIpc) is 2.89. The molecule has 1 N–H and O–H groups in total. The average molecular weight is 383 g/mol. The first-order valence-electron chi connectivity index (χ1n) is 8.90. The molecule has 1 amide bonds. The maximum atomic E-state index is 12.4. The fourth-order valence-electron chi connectivity index (χ4n) is 2.96. The minimum absolute atomic E-state index is 0.0758. The number of hydrogen-bond acceptors (Lipinski definition) is 6. The molecular formula is C20H21N3O3S. The normalized spacial score (nSPS) is 13.6. The van der Waals surface area contributed by atoms with Crippen molar-refractivity contribution < 1.29 is 14.3 Å². The van der Waals surface area contributed by atoms with Crippen molar-refractivity contribution >= 4 is 33.1 Å². The number of rotatable bonds is 5. The Morgan fingerprint density at radius 1 is 1.19 bits per heavy atom. The molecule has 0 unspecified atom stereocenters. The van der Waals surface area contributed by atoms with Crippen LogP contribution in [0, 0.1) is 0 Å². The third-order valence-electron chi connectivity index (χ3n) is 4.19. The molecular weight excluding hydrogens is 362 g/mol. The van der Waals surface area contributed by atoms with E-state index in [2.05, 4.69) is 16.4 Å². The first-order valence-corrected chi connectivity index (χ1v) is 9.71. The van der Waals surface area contributed by atoms with Gasteiger partial charge in [-0.15, -0.1) is 11.3 Å². The van der Waals surface area contributed by atoms with Gasteiger partial charge in [0.2, 0.25) is 5.91 Å². The van der Waals surface area contributed by atoms with E-state index >= 15 is 0 Å². The Labute approximate surface area is 161 Å². The third kappa shape index (κ3) is 4.37. The quantitative estimate of drug-likeness (QED) is 0.730. The van der Waals surface area contributed by atoms with E-state index in [1.807, 2.05) is 48.3 Å². The number of fused-ring (bicyclic) bond motifs is 2. The Balaban J connectivity index is 1.35. The Kier molecular flexibility index (Phi) is 5.22. The van der Waals surface area contributed by atoms with Crippen LogP contribution >= 0.6 is 11.3 Å². The molecule has 0 radical (unpaired) electrons. The monoisotopic (exact) mass is 383 g/mol. The molecule has 2 heterocycles. The van der Waals surface area contributed by atoms with Gasteiger partial charge in [-0.2, -0.15) is 0 Å². The molecule has 1 aliphatic rings. The van der Waals surface area contributed by atoms with Crippen LogP contribution in [0.15, 0.2) is 42.5 Å². The van der Waals surface area contributed by atoms with E-state index in [1.54, 1.807) is 11.3 Å². The lowest BCUT2D eigenvalue weighted by molar-refractivity contribution is -0.117. The standard InChI is InChI=1S/C20H21N3O3S/c1-23(13-20-22-15-5-2-3-6-18(15)27-20)12-19(24)21-14-7-8-16-17(11-14)26-10-4-9-25-16/h2-3,5-8,11H,4,9-10,12-13H2,1H3,(H,21,24). The van der Waals surface area contributed by atoms with Crippen LogP contribution in [0.4, 0.5) is 5.69 Å². The maximum Gasteiger partial charge on any atom is 0.238 e. The molecule has 0 atom stereocenters. The molecule has 0 spiro atoms. The Morgan fingerprint density at radius 3 is 2.85 bits per heavy atom. The Bertz CT molecular complexity index is 924. The van der Waals surface area contributed by atoms with Gasteiger partial charge in [0.15, 0.2) is 11.5 Å². The number of aromatic nitrogens is 1. The molecule has 0 saturated heterocycles. The van der Waals surface area contributed by atoms with Gasteiger partial charge in [-0.25, -0.2) is 4.98 Å². The summed E-state index contributed by atoms with van der Waals surface area (Å²) in [6.45, 7) is 2.18. The minimum atomic E-state index is -0.0758. The minimum Gasteiger partial charge on any atom is -0.490 e. The molecule has 140 valence electrons. The van der Waals surface area contributed by atoms with Crippen LogP contribution in [0.25, 0.3) is 10.2 Å². The van der Waals surface area contributed by atoms with Crippen LogP contribution < -0.4 is 14.8 Å². The van der Waals surface area contributed by atoms with Gasteiger partial charge in [0.25, 0.3) is 0 Å². The molecule has 0 bridgehead atoms. The van der Waals surface area contributed by atoms with Crippen molar-refractivity contribution in [1.82, 2.24) is 9.88 Å². The molecule has 4 rings (SSSR count). The summed E-state index contributed by atoms with van der Waals surface area (Å²) < 4.78 is 12.4. The zero-order valence-corrected chi connectivity index (χ0v) is 15.9. The van der Waals surface area contributed by atoms with E-state index in [4.69, 9.17) is 9.47 Å². The predicted octanol–water partition coefficient (Wildman–Crippen LogP) is 3.53. The summed E-state index contributed by atoms with van der Waals surface area (Å²) >= 11 is 1.66. The number of para-hydroxylation sites is 1. The van der Waals surface area contributed by atoms with Gasteiger partial charge in [-0.3, -0.25) is 9.69 Å². The number of benzene rings is 2. The molecule has 0 aliphatic carbocycles. The summed E-state index contributed by atoms with van der Waals surface area (Å²) in [4.78, 5) is 18.9.